The first kappa shape index (κ1) is 14.4. The summed E-state index contributed by atoms with van der Waals surface area (Å²) < 4.78 is 4.93. The maximum Gasteiger partial charge on any atom is 0.249 e. The minimum atomic E-state index is -0.403. The molecule has 0 aromatic carbocycles. The van der Waals surface area contributed by atoms with Gasteiger partial charge < -0.3 is 14.7 Å². The van der Waals surface area contributed by atoms with Crippen LogP contribution in [-0.2, 0) is 9.59 Å². The number of aromatic nitrogens is 1. The molecule has 6 nitrogen and oxygen atoms in total. The van der Waals surface area contributed by atoms with Gasteiger partial charge in [-0.05, 0) is 19.8 Å². The Labute approximate surface area is 127 Å². The van der Waals surface area contributed by atoms with E-state index in [0.717, 1.165) is 25.7 Å². The van der Waals surface area contributed by atoms with Crippen LogP contribution in [0.4, 0.5) is 5.82 Å². The summed E-state index contributed by atoms with van der Waals surface area (Å²) in [5.41, 5.74) is 0. The molecule has 21 heavy (non-hydrogen) atoms. The molecule has 0 unspecified atom stereocenters. The molecule has 1 saturated heterocycles. The van der Waals surface area contributed by atoms with Gasteiger partial charge >= 0.3 is 0 Å². The number of amides is 2. The van der Waals surface area contributed by atoms with Crippen molar-refractivity contribution in [2.24, 2.45) is 5.92 Å². The lowest BCUT2D eigenvalue weighted by Crippen LogP contribution is -2.46. The predicted molar refractivity (Wildman–Crippen MR) is 79.8 cm³/mol. The van der Waals surface area contributed by atoms with Crippen LogP contribution < -0.4 is 5.32 Å². The molecular weight excluding hydrogens is 290 g/mol. The molecule has 2 amide bonds. The Morgan fingerprint density at radius 3 is 2.86 bits per heavy atom. The number of hydrogen-bond donors (Lipinski definition) is 1. The Morgan fingerprint density at radius 2 is 2.19 bits per heavy atom. The quantitative estimate of drug-likeness (QED) is 0.924. The topological polar surface area (TPSA) is 75.4 Å². The summed E-state index contributed by atoms with van der Waals surface area (Å²) in [4.78, 5) is 26.6. The molecule has 1 aromatic rings. The standard InChI is InChI=1S/C14H19N3O3S/c1-9-6-12(16-20-9)15-13(18)11-7-21-8-17(11)14(19)10-4-2-3-5-10/h6,10-11H,2-5,7-8H2,1H3,(H,15,16,18)/t11-/m1/s1. The van der Waals surface area contributed by atoms with Gasteiger partial charge in [0.1, 0.15) is 11.8 Å². The average molecular weight is 309 g/mol. The summed E-state index contributed by atoms with van der Waals surface area (Å²) in [6.07, 6.45) is 4.15. The SMILES string of the molecule is Cc1cc(NC(=O)[C@H]2CSCN2C(=O)C2CCCC2)no1. The number of carbonyl (C=O) groups is 2. The number of carbonyl (C=O) groups excluding carboxylic acids is 2. The maximum absolute atomic E-state index is 12.5. The fraction of sp³-hybridized carbons (Fsp3) is 0.643. The van der Waals surface area contributed by atoms with E-state index in [9.17, 15) is 9.59 Å². The van der Waals surface area contributed by atoms with Crippen LogP contribution in [0.1, 0.15) is 31.4 Å². The molecule has 3 rings (SSSR count). The van der Waals surface area contributed by atoms with Crippen molar-refractivity contribution in [3.63, 3.8) is 0 Å². The second-order valence-corrected chi connectivity index (χ2v) is 6.62. The largest absolute Gasteiger partial charge is 0.360 e. The lowest BCUT2D eigenvalue weighted by Gasteiger charge is -2.25. The third-order valence-electron chi connectivity index (χ3n) is 4.05. The highest BCUT2D eigenvalue weighted by atomic mass is 32.2. The zero-order valence-corrected chi connectivity index (χ0v) is 12.8. The molecule has 1 aromatic heterocycles. The average Bonchev–Trinajstić information content (AvgIpc) is 3.19. The van der Waals surface area contributed by atoms with Crippen LogP contribution in [0.25, 0.3) is 0 Å². The molecule has 1 aliphatic carbocycles. The third-order valence-corrected chi connectivity index (χ3v) is 5.06. The first-order chi connectivity index (χ1) is 10.1. The van der Waals surface area contributed by atoms with Crippen LogP contribution >= 0.6 is 11.8 Å². The monoisotopic (exact) mass is 309 g/mol. The van der Waals surface area contributed by atoms with Gasteiger partial charge in [0.15, 0.2) is 5.82 Å². The van der Waals surface area contributed by atoms with Crippen LogP contribution in [0.3, 0.4) is 0 Å². The maximum atomic E-state index is 12.5. The minimum Gasteiger partial charge on any atom is -0.360 e. The van der Waals surface area contributed by atoms with Crippen LogP contribution in [0.15, 0.2) is 10.6 Å². The van der Waals surface area contributed by atoms with E-state index >= 15 is 0 Å². The molecule has 1 saturated carbocycles. The lowest BCUT2D eigenvalue weighted by molar-refractivity contribution is -0.139. The summed E-state index contributed by atoms with van der Waals surface area (Å²) >= 11 is 1.62. The van der Waals surface area contributed by atoms with E-state index in [2.05, 4.69) is 10.5 Å². The second-order valence-electron chi connectivity index (χ2n) is 5.62. The van der Waals surface area contributed by atoms with Crippen LogP contribution in [0.2, 0.25) is 0 Å². The zero-order chi connectivity index (χ0) is 14.8. The van der Waals surface area contributed by atoms with Crippen molar-refractivity contribution in [2.75, 3.05) is 16.9 Å². The van der Waals surface area contributed by atoms with Gasteiger partial charge in [-0.3, -0.25) is 9.59 Å². The van der Waals surface area contributed by atoms with Gasteiger partial charge in [-0.15, -0.1) is 11.8 Å². The zero-order valence-electron chi connectivity index (χ0n) is 12.0. The highest BCUT2D eigenvalue weighted by Crippen LogP contribution is 2.31. The molecule has 2 fully saturated rings. The number of nitrogens with one attached hydrogen (secondary N) is 1. The predicted octanol–water partition coefficient (Wildman–Crippen LogP) is 2.01. The van der Waals surface area contributed by atoms with Crippen LogP contribution in [0.5, 0.6) is 0 Å². The Balaban J connectivity index is 1.65. The van der Waals surface area contributed by atoms with Gasteiger partial charge in [0, 0.05) is 17.7 Å². The second kappa shape index (κ2) is 6.09. The third kappa shape index (κ3) is 3.07. The highest BCUT2D eigenvalue weighted by Gasteiger charge is 2.38. The van der Waals surface area contributed by atoms with E-state index < -0.39 is 6.04 Å². The Hall–Kier alpha value is -1.50. The number of nitrogens with zero attached hydrogens (tertiary/aromatic N) is 2. The molecule has 1 atom stereocenters. The highest BCUT2D eigenvalue weighted by molar-refractivity contribution is 7.99. The Bertz CT molecular complexity index is 539. The molecule has 0 bridgehead atoms. The van der Waals surface area contributed by atoms with Crippen molar-refractivity contribution >= 4 is 29.4 Å². The number of anilines is 1. The fourth-order valence-corrected chi connectivity index (χ4v) is 4.08. The molecule has 0 spiro atoms. The van der Waals surface area contributed by atoms with Gasteiger partial charge in [0.25, 0.3) is 0 Å². The molecule has 114 valence electrons. The smallest absolute Gasteiger partial charge is 0.249 e. The van der Waals surface area contributed by atoms with Crippen molar-refractivity contribution in [3.8, 4) is 0 Å². The summed E-state index contributed by atoms with van der Waals surface area (Å²) in [6, 6.07) is 1.27. The molecule has 1 aliphatic heterocycles. The van der Waals surface area contributed by atoms with Gasteiger partial charge in [-0.2, -0.15) is 0 Å². The van der Waals surface area contributed by atoms with E-state index in [1.54, 1.807) is 29.7 Å². The van der Waals surface area contributed by atoms with Crippen molar-refractivity contribution in [1.82, 2.24) is 10.1 Å². The molecular formula is C14H19N3O3S. The summed E-state index contributed by atoms with van der Waals surface area (Å²) in [7, 11) is 0. The Morgan fingerprint density at radius 1 is 1.43 bits per heavy atom. The van der Waals surface area contributed by atoms with Crippen molar-refractivity contribution < 1.29 is 14.1 Å². The van der Waals surface area contributed by atoms with Crippen molar-refractivity contribution in [2.45, 2.75) is 38.6 Å². The first-order valence-electron chi connectivity index (χ1n) is 7.27. The Kier molecular flexibility index (Phi) is 4.19. The molecule has 0 radical (unpaired) electrons. The van der Waals surface area contributed by atoms with Gasteiger partial charge in [0.2, 0.25) is 11.8 Å². The summed E-state index contributed by atoms with van der Waals surface area (Å²) in [6.45, 7) is 1.77. The van der Waals surface area contributed by atoms with Gasteiger partial charge in [0.05, 0.1) is 5.88 Å². The van der Waals surface area contributed by atoms with Crippen molar-refractivity contribution in [3.05, 3.63) is 11.8 Å². The van der Waals surface area contributed by atoms with Crippen LogP contribution in [0, 0.1) is 12.8 Å². The molecule has 2 heterocycles. The normalized spacial score (nSPS) is 22.7. The lowest BCUT2D eigenvalue weighted by atomic mass is 10.1. The van der Waals surface area contributed by atoms with Crippen molar-refractivity contribution in [1.29, 1.82) is 0 Å². The van der Waals surface area contributed by atoms with E-state index in [0.29, 0.717) is 23.2 Å². The molecule has 1 N–H and O–H groups in total. The van der Waals surface area contributed by atoms with Crippen LogP contribution in [-0.4, -0.2) is 39.5 Å². The number of hydrogen-bond acceptors (Lipinski definition) is 5. The molecule has 2 aliphatic rings. The van der Waals surface area contributed by atoms with Gasteiger partial charge in [-0.25, -0.2) is 0 Å². The first-order valence-corrected chi connectivity index (χ1v) is 8.43. The van der Waals surface area contributed by atoms with E-state index in [1.165, 1.54) is 0 Å². The van der Waals surface area contributed by atoms with E-state index in [4.69, 9.17) is 4.52 Å². The number of thioether (sulfide) groups is 1. The van der Waals surface area contributed by atoms with E-state index in [1.807, 2.05) is 0 Å². The van der Waals surface area contributed by atoms with E-state index in [-0.39, 0.29) is 17.7 Å². The fourth-order valence-electron chi connectivity index (χ4n) is 2.92. The minimum absolute atomic E-state index is 0.105. The number of aryl methyl sites for hydroxylation is 1. The van der Waals surface area contributed by atoms with Gasteiger partial charge in [-0.1, -0.05) is 18.0 Å². The summed E-state index contributed by atoms with van der Waals surface area (Å²) in [5.74, 6) is 2.35. The number of rotatable bonds is 3. The molecule has 7 heteroatoms. The summed E-state index contributed by atoms with van der Waals surface area (Å²) in [5, 5.41) is 6.49.